The van der Waals surface area contributed by atoms with Gasteiger partial charge in [0.2, 0.25) is 0 Å². The summed E-state index contributed by atoms with van der Waals surface area (Å²) in [5, 5.41) is 10.6. The number of benzene rings is 3. The van der Waals surface area contributed by atoms with E-state index in [4.69, 9.17) is 40.2 Å². The Bertz CT molecular complexity index is 1000. The Kier molecular flexibility index (Phi) is 7.09. The van der Waals surface area contributed by atoms with Crippen LogP contribution in [0.15, 0.2) is 59.7 Å². The van der Waals surface area contributed by atoms with Crippen LogP contribution >= 0.6 is 35.4 Å². The normalized spacial score (nSPS) is 11.0. The Morgan fingerprint density at radius 1 is 1.07 bits per heavy atom. The van der Waals surface area contributed by atoms with Crippen LogP contribution in [0.25, 0.3) is 10.8 Å². The molecule has 3 aromatic rings. The van der Waals surface area contributed by atoms with Gasteiger partial charge in [0.1, 0.15) is 6.61 Å². The third-order valence-electron chi connectivity index (χ3n) is 3.93. The second-order valence-corrected chi connectivity index (χ2v) is 7.24. The number of hydrogen-bond donors (Lipinski definition) is 2. The number of fused-ring (bicyclic) bond motifs is 1. The molecule has 0 aliphatic carbocycles. The molecular formula is C21H19Cl2N3OS. The fourth-order valence-electron chi connectivity index (χ4n) is 2.64. The van der Waals surface area contributed by atoms with Gasteiger partial charge in [-0.3, -0.25) is 5.43 Å². The van der Waals surface area contributed by atoms with Crippen molar-refractivity contribution in [2.45, 2.75) is 13.5 Å². The molecule has 2 N–H and O–H groups in total. The number of hydrogen-bond acceptors (Lipinski definition) is 3. The summed E-state index contributed by atoms with van der Waals surface area (Å²) >= 11 is 17.8. The summed E-state index contributed by atoms with van der Waals surface area (Å²) in [5.41, 5.74) is 4.49. The molecule has 0 atom stereocenters. The third-order valence-corrected chi connectivity index (χ3v) is 4.73. The number of ether oxygens (including phenoxy) is 1. The number of nitrogens with one attached hydrogen (secondary N) is 2. The Hall–Kier alpha value is -2.34. The van der Waals surface area contributed by atoms with E-state index in [1.165, 1.54) is 5.39 Å². The Morgan fingerprint density at radius 2 is 1.79 bits per heavy atom. The maximum atomic E-state index is 6.36. The molecule has 144 valence electrons. The van der Waals surface area contributed by atoms with Crippen LogP contribution in [0.1, 0.15) is 18.1 Å². The quantitative estimate of drug-likeness (QED) is 0.305. The van der Waals surface area contributed by atoms with E-state index in [-0.39, 0.29) is 0 Å². The minimum Gasteiger partial charge on any atom is -0.486 e. The predicted octanol–water partition coefficient (Wildman–Crippen LogP) is 5.54. The predicted molar refractivity (Wildman–Crippen MR) is 122 cm³/mol. The first-order valence-corrected chi connectivity index (χ1v) is 9.89. The highest BCUT2D eigenvalue weighted by Crippen LogP contribution is 2.34. The largest absolute Gasteiger partial charge is 0.486 e. The average Bonchev–Trinajstić information content (AvgIpc) is 2.67. The van der Waals surface area contributed by atoms with E-state index < -0.39 is 0 Å². The zero-order valence-corrected chi connectivity index (χ0v) is 17.5. The summed E-state index contributed by atoms with van der Waals surface area (Å²) in [6.07, 6.45) is 1.59. The van der Waals surface area contributed by atoms with Gasteiger partial charge in [-0.2, -0.15) is 5.10 Å². The lowest BCUT2D eigenvalue weighted by molar-refractivity contribution is 0.307. The van der Waals surface area contributed by atoms with E-state index in [9.17, 15) is 0 Å². The molecule has 3 rings (SSSR count). The number of hydrazone groups is 1. The summed E-state index contributed by atoms with van der Waals surface area (Å²) < 4.78 is 5.88. The smallest absolute Gasteiger partial charge is 0.186 e. The highest BCUT2D eigenvalue weighted by atomic mass is 35.5. The summed E-state index contributed by atoms with van der Waals surface area (Å²) in [6.45, 7) is 3.05. The Labute approximate surface area is 179 Å². The second kappa shape index (κ2) is 9.73. The summed E-state index contributed by atoms with van der Waals surface area (Å²) in [5.74, 6) is 0.449. The van der Waals surface area contributed by atoms with Crippen molar-refractivity contribution >= 4 is 57.5 Å². The third kappa shape index (κ3) is 5.35. The molecule has 0 spiro atoms. The molecule has 0 bridgehead atoms. The van der Waals surface area contributed by atoms with E-state index in [2.05, 4.69) is 40.1 Å². The van der Waals surface area contributed by atoms with Crippen LogP contribution in [-0.2, 0) is 6.61 Å². The number of nitrogens with zero attached hydrogens (tertiary/aromatic N) is 1. The highest BCUT2D eigenvalue weighted by molar-refractivity contribution is 7.80. The SMILES string of the molecule is CCNC(=S)N/N=C\c1cc(Cl)c(OCc2ccc3ccccc3c2)c(Cl)c1. The molecule has 0 saturated carbocycles. The zero-order valence-electron chi connectivity index (χ0n) is 15.2. The van der Waals surface area contributed by atoms with Gasteiger partial charge < -0.3 is 10.1 Å². The first kappa shape index (κ1) is 20.4. The number of rotatable bonds is 6. The second-order valence-electron chi connectivity index (χ2n) is 6.01. The maximum Gasteiger partial charge on any atom is 0.186 e. The van der Waals surface area contributed by atoms with E-state index in [1.54, 1.807) is 18.3 Å². The molecule has 4 nitrogen and oxygen atoms in total. The van der Waals surface area contributed by atoms with Crippen molar-refractivity contribution in [2.24, 2.45) is 5.10 Å². The van der Waals surface area contributed by atoms with Gasteiger partial charge in [-0.1, -0.05) is 59.6 Å². The monoisotopic (exact) mass is 431 g/mol. The van der Waals surface area contributed by atoms with Crippen molar-refractivity contribution in [2.75, 3.05) is 6.54 Å². The number of halogens is 2. The van der Waals surface area contributed by atoms with E-state index in [0.717, 1.165) is 23.1 Å². The summed E-state index contributed by atoms with van der Waals surface area (Å²) in [7, 11) is 0. The molecule has 0 aliphatic rings. The maximum absolute atomic E-state index is 6.36. The standard InChI is InChI=1S/C21H19Cl2N3OS/c1-2-24-21(28)26-25-12-15-10-18(22)20(19(23)11-15)27-13-14-7-8-16-5-3-4-6-17(16)9-14/h3-12H,2,13H2,1H3,(H2,24,26,28)/b25-12-. The molecule has 28 heavy (non-hydrogen) atoms. The van der Waals surface area contributed by atoms with Crippen molar-refractivity contribution in [1.82, 2.24) is 10.7 Å². The van der Waals surface area contributed by atoms with Crippen molar-refractivity contribution in [3.63, 3.8) is 0 Å². The minimum absolute atomic E-state index is 0.371. The molecule has 0 aliphatic heterocycles. The van der Waals surface area contributed by atoms with Gasteiger partial charge in [-0.25, -0.2) is 0 Å². The zero-order chi connectivity index (χ0) is 19.9. The van der Waals surface area contributed by atoms with E-state index in [1.807, 2.05) is 25.1 Å². The lowest BCUT2D eigenvalue weighted by atomic mass is 10.1. The summed E-state index contributed by atoms with van der Waals surface area (Å²) in [6, 6.07) is 17.9. The van der Waals surface area contributed by atoms with Gasteiger partial charge in [0.05, 0.1) is 16.3 Å². The minimum atomic E-state index is 0.371. The van der Waals surface area contributed by atoms with Crippen LogP contribution < -0.4 is 15.5 Å². The van der Waals surface area contributed by atoms with Gasteiger partial charge in [0.25, 0.3) is 0 Å². The van der Waals surface area contributed by atoms with Crippen molar-refractivity contribution in [3.05, 3.63) is 75.8 Å². The van der Waals surface area contributed by atoms with Crippen LogP contribution in [0.5, 0.6) is 5.75 Å². The topological polar surface area (TPSA) is 45.7 Å². The average molecular weight is 432 g/mol. The fourth-order valence-corrected chi connectivity index (χ4v) is 3.45. The summed E-state index contributed by atoms with van der Waals surface area (Å²) in [4.78, 5) is 0. The van der Waals surface area contributed by atoms with Gasteiger partial charge in [-0.05, 0) is 59.2 Å². The van der Waals surface area contributed by atoms with Crippen LogP contribution in [0.4, 0.5) is 0 Å². The van der Waals surface area contributed by atoms with Crippen LogP contribution in [0, 0.1) is 0 Å². The van der Waals surface area contributed by atoms with Gasteiger partial charge in [0.15, 0.2) is 10.9 Å². The molecule has 3 aromatic carbocycles. The lowest BCUT2D eigenvalue weighted by Gasteiger charge is -2.11. The van der Waals surface area contributed by atoms with Crippen LogP contribution in [0.2, 0.25) is 10.0 Å². The molecule has 0 aromatic heterocycles. The molecule has 7 heteroatoms. The molecule has 0 unspecified atom stereocenters. The molecule has 0 amide bonds. The number of thiocarbonyl (C=S) groups is 1. The van der Waals surface area contributed by atoms with Gasteiger partial charge in [0, 0.05) is 6.54 Å². The van der Waals surface area contributed by atoms with Crippen molar-refractivity contribution in [3.8, 4) is 5.75 Å². The van der Waals surface area contributed by atoms with Crippen molar-refractivity contribution in [1.29, 1.82) is 0 Å². The fraction of sp³-hybridized carbons (Fsp3) is 0.143. The van der Waals surface area contributed by atoms with Crippen LogP contribution in [0.3, 0.4) is 0 Å². The van der Waals surface area contributed by atoms with Gasteiger partial charge in [-0.15, -0.1) is 0 Å². The first-order chi connectivity index (χ1) is 13.6. The first-order valence-electron chi connectivity index (χ1n) is 8.73. The van der Waals surface area contributed by atoms with Crippen molar-refractivity contribution < 1.29 is 4.74 Å². The Morgan fingerprint density at radius 3 is 2.50 bits per heavy atom. The highest BCUT2D eigenvalue weighted by Gasteiger charge is 2.10. The van der Waals surface area contributed by atoms with E-state index in [0.29, 0.717) is 27.5 Å². The molecule has 0 radical (unpaired) electrons. The van der Waals surface area contributed by atoms with Gasteiger partial charge >= 0.3 is 0 Å². The molecule has 0 heterocycles. The van der Waals surface area contributed by atoms with E-state index >= 15 is 0 Å². The molecular weight excluding hydrogens is 413 g/mol. The molecule has 0 fully saturated rings. The lowest BCUT2D eigenvalue weighted by Crippen LogP contribution is -2.31. The Balaban J connectivity index is 1.68. The van der Waals surface area contributed by atoms with Crippen LogP contribution in [-0.4, -0.2) is 17.9 Å². The molecule has 0 saturated heterocycles.